The van der Waals surface area contributed by atoms with E-state index in [4.69, 9.17) is 5.73 Å². The Hall–Kier alpha value is -1.13. The van der Waals surface area contributed by atoms with Crippen molar-refractivity contribution in [1.82, 2.24) is 9.78 Å². The fourth-order valence-electron chi connectivity index (χ4n) is 1.73. The van der Waals surface area contributed by atoms with Crippen molar-refractivity contribution < 1.29 is 0 Å². The number of nitrogens with two attached hydrogens (primary N) is 1. The molecule has 2 aromatic rings. The summed E-state index contributed by atoms with van der Waals surface area (Å²) in [7, 11) is 1.93. The Kier molecular flexibility index (Phi) is 3.41. The molecule has 0 aliphatic rings. The molecule has 0 unspecified atom stereocenters. The molecule has 0 aliphatic carbocycles. The first kappa shape index (κ1) is 11.4. The molecule has 0 amide bonds. The second-order valence-electron chi connectivity index (χ2n) is 3.72. The molecule has 0 saturated heterocycles. The number of aryl methyl sites for hydroxylation is 1. The molecule has 2 rings (SSSR count). The highest BCUT2D eigenvalue weighted by atomic mass is 79.9. The van der Waals surface area contributed by atoms with Gasteiger partial charge in [-0.2, -0.15) is 5.10 Å². The van der Waals surface area contributed by atoms with E-state index in [0.29, 0.717) is 6.54 Å². The van der Waals surface area contributed by atoms with Crippen LogP contribution >= 0.6 is 15.9 Å². The second kappa shape index (κ2) is 4.80. The number of rotatable bonds is 3. The molecular formula is C12H14BrN3. The Balaban J connectivity index is 2.42. The zero-order chi connectivity index (χ0) is 11.5. The van der Waals surface area contributed by atoms with E-state index in [0.717, 1.165) is 22.2 Å². The quantitative estimate of drug-likeness (QED) is 0.938. The minimum atomic E-state index is 0.648. The van der Waals surface area contributed by atoms with Gasteiger partial charge in [-0.3, -0.25) is 4.68 Å². The van der Waals surface area contributed by atoms with Crippen molar-refractivity contribution in [1.29, 1.82) is 0 Å². The van der Waals surface area contributed by atoms with E-state index in [-0.39, 0.29) is 0 Å². The summed E-state index contributed by atoms with van der Waals surface area (Å²) >= 11 is 3.43. The van der Waals surface area contributed by atoms with Crippen LogP contribution in [0.3, 0.4) is 0 Å². The highest BCUT2D eigenvalue weighted by molar-refractivity contribution is 9.10. The fraction of sp³-hybridized carbons (Fsp3) is 0.250. The molecule has 0 atom stereocenters. The molecule has 1 aromatic heterocycles. The predicted molar refractivity (Wildman–Crippen MR) is 69.1 cm³/mol. The van der Waals surface area contributed by atoms with Gasteiger partial charge in [-0.15, -0.1) is 0 Å². The van der Waals surface area contributed by atoms with E-state index in [1.807, 2.05) is 30.1 Å². The average molecular weight is 280 g/mol. The molecule has 0 aliphatic heterocycles. The van der Waals surface area contributed by atoms with Crippen molar-refractivity contribution in [3.63, 3.8) is 0 Å². The van der Waals surface area contributed by atoms with Crippen LogP contribution in [0.1, 0.15) is 5.56 Å². The molecule has 4 heteroatoms. The van der Waals surface area contributed by atoms with Gasteiger partial charge < -0.3 is 5.73 Å². The lowest BCUT2D eigenvalue weighted by Gasteiger charge is -2.01. The normalized spacial score (nSPS) is 10.7. The van der Waals surface area contributed by atoms with Gasteiger partial charge in [0, 0.05) is 23.3 Å². The van der Waals surface area contributed by atoms with Crippen molar-refractivity contribution in [2.24, 2.45) is 12.8 Å². The number of nitrogens with zero attached hydrogens (tertiary/aromatic N) is 2. The van der Waals surface area contributed by atoms with Crippen LogP contribution in [0.15, 0.2) is 34.9 Å². The number of benzene rings is 1. The Morgan fingerprint density at radius 3 is 2.62 bits per heavy atom. The maximum atomic E-state index is 5.60. The standard InChI is InChI=1S/C12H14BrN3/c1-16-8-10(6-7-14)12(15-16)9-2-4-11(13)5-3-9/h2-5,8H,6-7,14H2,1H3. The minimum absolute atomic E-state index is 0.648. The summed E-state index contributed by atoms with van der Waals surface area (Å²) in [6, 6.07) is 8.17. The van der Waals surface area contributed by atoms with Crippen LogP contribution in [0.4, 0.5) is 0 Å². The van der Waals surface area contributed by atoms with E-state index < -0.39 is 0 Å². The maximum absolute atomic E-state index is 5.60. The van der Waals surface area contributed by atoms with Crippen molar-refractivity contribution in [2.45, 2.75) is 6.42 Å². The lowest BCUT2D eigenvalue weighted by molar-refractivity contribution is 0.769. The van der Waals surface area contributed by atoms with Crippen molar-refractivity contribution in [3.8, 4) is 11.3 Å². The van der Waals surface area contributed by atoms with Crippen LogP contribution < -0.4 is 5.73 Å². The molecule has 84 valence electrons. The van der Waals surface area contributed by atoms with E-state index in [1.54, 1.807) is 0 Å². The third-order valence-electron chi connectivity index (χ3n) is 2.44. The topological polar surface area (TPSA) is 43.8 Å². The second-order valence-corrected chi connectivity index (χ2v) is 4.64. The van der Waals surface area contributed by atoms with Gasteiger partial charge in [0.05, 0.1) is 5.69 Å². The minimum Gasteiger partial charge on any atom is -0.330 e. The maximum Gasteiger partial charge on any atom is 0.0955 e. The van der Waals surface area contributed by atoms with Gasteiger partial charge in [0.2, 0.25) is 0 Å². The first-order valence-corrected chi connectivity index (χ1v) is 5.98. The first-order valence-electron chi connectivity index (χ1n) is 5.19. The molecule has 16 heavy (non-hydrogen) atoms. The van der Waals surface area contributed by atoms with Crippen LogP contribution in [0.2, 0.25) is 0 Å². The third-order valence-corrected chi connectivity index (χ3v) is 2.96. The number of halogens is 1. The zero-order valence-corrected chi connectivity index (χ0v) is 10.7. The molecule has 2 N–H and O–H groups in total. The molecule has 1 aromatic carbocycles. The highest BCUT2D eigenvalue weighted by Crippen LogP contribution is 2.23. The van der Waals surface area contributed by atoms with Gasteiger partial charge in [-0.1, -0.05) is 28.1 Å². The summed E-state index contributed by atoms with van der Waals surface area (Å²) < 4.78 is 2.91. The van der Waals surface area contributed by atoms with Gasteiger partial charge in [0.25, 0.3) is 0 Å². The van der Waals surface area contributed by atoms with Crippen molar-refractivity contribution >= 4 is 15.9 Å². The van der Waals surface area contributed by atoms with E-state index in [2.05, 4.69) is 33.2 Å². The van der Waals surface area contributed by atoms with Crippen molar-refractivity contribution in [3.05, 3.63) is 40.5 Å². The van der Waals surface area contributed by atoms with Gasteiger partial charge in [0.15, 0.2) is 0 Å². The van der Waals surface area contributed by atoms with E-state index >= 15 is 0 Å². The average Bonchev–Trinajstić information content (AvgIpc) is 2.61. The summed E-state index contributed by atoms with van der Waals surface area (Å²) in [5.74, 6) is 0. The van der Waals surface area contributed by atoms with E-state index in [9.17, 15) is 0 Å². The van der Waals surface area contributed by atoms with Gasteiger partial charge >= 0.3 is 0 Å². The monoisotopic (exact) mass is 279 g/mol. The van der Waals surface area contributed by atoms with Crippen LogP contribution in [-0.2, 0) is 13.5 Å². The molecule has 1 heterocycles. The Morgan fingerprint density at radius 2 is 2.00 bits per heavy atom. The molecule has 0 bridgehead atoms. The lowest BCUT2D eigenvalue weighted by Crippen LogP contribution is -2.02. The summed E-state index contributed by atoms with van der Waals surface area (Å²) in [5, 5.41) is 4.47. The predicted octanol–water partition coefficient (Wildman–Crippen LogP) is 2.35. The molecule has 0 fully saturated rings. The Labute approximate surface area is 103 Å². The Bertz CT molecular complexity index is 474. The van der Waals surface area contributed by atoms with Crippen LogP contribution in [0, 0.1) is 0 Å². The van der Waals surface area contributed by atoms with Crippen LogP contribution in [0.25, 0.3) is 11.3 Å². The fourth-order valence-corrected chi connectivity index (χ4v) is 1.99. The number of aromatic nitrogens is 2. The molecule has 3 nitrogen and oxygen atoms in total. The summed E-state index contributed by atoms with van der Waals surface area (Å²) in [5.41, 5.74) is 8.96. The molecule has 0 spiro atoms. The van der Waals surface area contributed by atoms with Gasteiger partial charge in [-0.05, 0) is 30.7 Å². The first-order chi connectivity index (χ1) is 7.70. The molecular weight excluding hydrogens is 266 g/mol. The zero-order valence-electron chi connectivity index (χ0n) is 9.15. The number of hydrogen-bond acceptors (Lipinski definition) is 2. The molecule has 0 saturated carbocycles. The Morgan fingerprint density at radius 1 is 1.31 bits per heavy atom. The van der Waals surface area contributed by atoms with Gasteiger partial charge in [0.1, 0.15) is 0 Å². The largest absolute Gasteiger partial charge is 0.330 e. The van der Waals surface area contributed by atoms with Gasteiger partial charge in [-0.25, -0.2) is 0 Å². The number of hydrogen-bond donors (Lipinski definition) is 1. The summed E-state index contributed by atoms with van der Waals surface area (Å²) in [6.07, 6.45) is 2.89. The third kappa shape index (κ3) is 2.33. The summed E-state index contributed by atoms with van der Waals surface area (Å²) in [4.78, 5) is 0. The lowest BCUT2D eigenvalue weighted by atomic mass is 10.1. The smallest absolute Gasteiger partial charge is 0.0955 e. The highest BCUT2D eigenvalue weighted by Gasteiger charge is 2.08. The van der Waals surface area contributed by atoms with E-state index in [1.165, 1.54) is 5.56 Å². The summed E-state index contributed by atoms with van der Waals surface area (Å²) in [6.45, 7) is 0.648. The van der Waals surface area contributed by atoms with Crippen LogP contribution in [-0.4, -0.2) is 16.3 Å². The van der Waals surface area contributed by atoms with Crippen LogP contribution in [0.5, 0.6) is 0 Å². The van der Waals surface area contributed by atoms with Crippen molar-refractivity contribution in [2.75, 3.05) is 6.54 Å². The molecule has 0 radical (unpaired) electrons. The SMILES string of the molecule is Cn1cc(CCN)c(-c2ccc(Br)cc2)n1.